The second-order valence-electron chi connectivity index (χ2n) is 6.31. The fourth-order valence-corrected chi connectivity index (χ4v) is 2.98. The number of hydrogen-bond donors (Lipinski definition) is 3. The highest BCUT2D eigenvalue weighted by atomic mass is 16.5. The van der Waals surface area contributed by atoms with Crippen LogP contribution in [0, 0.1) is 11.8 Å². The topological polar surface area (TPSA) is 116 Å². The Morgan fingerprint density at radius 3 is 1.68 bits per heavy atom. The molecule has 0 radical (unpaired) electrons. The van der Waals surface area contributed by atoms with Crippen LogP contribution in [0.4, 0.5) is 0 Å². The molecule has 5 N–H and O–H groups in total. The number of carboxylic acid groups (broad SMARTS) is 1. The summed E-state index contributed by atoms with van der Waals surface area (Å²) in [4.78, 5) is 21.7. The van der Waals surface area contributed by atoms with E-state index in [2.05, 4.69) is 0 Å². The summed E-state index contributed by atoms with van der Waals surface area (Å²) in [5.41, 5.74) is 11.3. The molecule has 0 spiro atoms. The third-order valence-electron chi connectivity index (χ3n) is 4.51. The number of rotatable bonds is 3. The molecule has 0 aromatic heterocycles. The molecule has 0 atom stereocenters. The number of esters is 1. The molecule has 0 unspecified atom stereocenters. The van der Waals surface area contributed by atoms with Gasteiger partial charge in [0.25, 0.3) is 0 Å². The lowest BCUT2D eigenvalue weighted by molar-refractivity contribution is -0.149. The molecule has 22 heavy (non-hydrogen) atoms. The maximum Gasteiger partial charge on any atom is 0.308 e. The van der Waals surface area contributed by atoms with Gasteiger partial charge in [-0.2, -0.15) is 0 Å². The molecule has 128 valence electrons. The highest BCUT2D eigenvalue weighted by Gasteiger charge is 2.25. The lowest BCUT2D eigenvalue weighted by atomic mass is 9.86. The first kappa shape index (κ1) is 18.9. The second-order valence-corrected chi connectivity index (χ2v) is 6.31. The quantitative estimate of drug-likeness (QED) is 0.682. The second kappa shape index (κ2) is 9.79. The van der Waals surface area contributed by atoms with Crippen LogP contribution < -0.4 is 11.5 Å². The Hall–Kier alpha value is -1.14. The monoisotopic (exact) mass is 314 g/mol. The zero-order valence-corrected chi connectivity index (χ0v) is 13.5. The Morgan fingerprint density at radius 2 is 1.32 bits per heavy atom. The highest BCUT2D eigenvalue weighted by molar-refractivity contribution is 5.72. The molecular formula is C16H30N2O4. The van der Waals surface area contributed by atoms with Crippen LogP contribution in [0.25, 0.3) is 0 Å². The lowest BCUT2D eigenvalue weighted by Crippen LogP contribution is -2.30. The predicted molar refractivity (Wildman–Crippen MR) is 84.1 cm³/mol. The van der Waals surface area contributed by atoms with Crippen LogP contribution in [0.2, 0.25) is 0 Å². The first-order valence-electron chi connectivity index (χ1n) is 8.34. The molecule has 2 aliphatic rings. The van der Waals surface area contributed by atoms with Gasteiger partial charge in [-0.15, -0.1) is 0 Å². The third-order valence-corrected chi connectivity index (χ3v) is 4.51. The van der Waals surface area contributed by atoms with Crippen molar-refractivity contribution in [2.75, 3.05) is 6.61 Å². The molecule has 2 saturated carbocycles. The van der Waals surface area contributed by atoms with Crippen LogP contribution in [0.15, 0.2) is 0 Å². The van der Waals surface area contributed by atoms with E-state index in [1.54, 1.807) is 0 Å². The molecular weight excluding hydrogens is 284 g/mol. The summed E-state index contributed by atoms with van der Waals surface area (Å²) in [6, 6.07) is 0.547. The number of ether oxygens (including phenoxy) is 1. The fourth-order valence-electron chi connectivity index (χ4n) is 2.98. The van der Waals surface area contributed by atoms with Crippen molar-refractivity contribution in [2.24, 2.45) is 23.3 Å². The van der Waals surface area contributed by atoms with Gasteiger partial charge in [0.15, 0.2) is 0 Å². The Balaban J connectivity index is 0.000000224. The van der Waals surface area contributed by atoms with Gasteiger partial charge in [0, 0.05) is 12.1 Å². The zero-order chi connectivity index (χ0) is 16.5. The number of nitrogens with two attached hydrogens (primary N) is 2. The number of carbonyl (C=O) groups is 2. The van der Waals surface area contributed by atoms with E-state index < -0.39 is 5.97 Å². The number of hydrogen-bond acceptors (Lipinski definition) is 5. The summed E-state index contributed by atoms with van der Waals surface area (Å²) in [7, 11) is 0. The SMILES string of the molecule is CCOC(=O)C1CCC(N)CC1.NC1CCC(C(=O)O)CC1. The normalized spacial score (nSPS) is 31.6. The van der Waals surface area contributed by atoms with Gasteiger partial charge in [0.1, 0.15) is 0 Å². The van der Waals surface area contributed by atoms with E-state index in [1.807, 2.05) is 6.92 Å². The van der Waals surface area contributed by atoms with E-state index in [0.29, 0.717) is 12.6 Å². The maximum atomic E-state index is 11.2. The molecule has 0 aromatic rings. The van der Waals surface area contributed by atoms with Gasteiger partial charge in [-0.1, -0.05) is 0 Å². The minimum Gasteiger partial charge on any atom is -0.481 e. The van der Waals surface area contributed by atoms with Gasteiger partial charge in [-0.3, -0.25) is 9.59 Å². The van der Waals surface area contributed by atoms with Crippen molar-refractivity contribution in [3.05, 3.63) is 0 Å². The molecule has 0 bridgehead atoms. The van der Waals surface area contributed by atoms with Crippen LogP contribution in [0.5, 0.6) is 0 Å². The molecule has 2 fully saturated rings. The van der Waals surface area contributed by atoms with Crippen LogP contribution in [0.3, 0.4) is 0 Å². The van der Waals surface area contributed by atoms with E-state index in [-0.39, 0.29) is 23.8 Å². The standard InChI is InChI=1S/C9H17NO2.C7H13NO2/c1-2-12-9(11)7-3-5-8(10)6-4-7;8-6-3-1-5(2-4-6)7(9)10/h7-8H,2-6,10H2,1H3;5-6H,1-4,8H2,(H,9,10). The smallest absolute Gasteiger partial charge is 0.308 e. The number of carboxylic acids is 1. The van der Waals surface area contributed by atoms with Gasteiger partial charge < -0.3 is 21.3 Å². The van der Waals surface area contributed by atoms with E-state index in [1.165, 1.54) is 0 Å². The summed E-state index contributed by atoms with van der Waals surface area (Å²) in [5.74, 6) is -0.708. The summed E-state index contributed by atoms with van der Waals surface area (Å²) >= 11 is 0. The molecule has 0 saturated heterocycles. The first-order chi connectivity index (χ1) is 10.4. The third kappa shape index (κ3) is 6.75. The minimum absolute atomic E-state index is 0.0376. The molecule has 2 aliphatic carbocycles. The molecule has 0 aromatic carbocycles. The molecule has 6 nitrogen and oxygen atoms in total. The summed E-state index contributed by atoms with van der Waals surface area (Å²) in [5, 5.41) is 8.58. The van der Waals surface area contributed by atoms with Crippen molar-refractivity contribution in [3.8, 4) is 0 Å². The summed E-state index contributed by atoms with van der Waals surface area (Å²) in [6.07, 6.45) is 6.99. The van der Waals surface area contributed by atoms with Crippen molar-refractivity contribution in [2.45, 2.75) is 70.4 Å². The van der Waals surface area contributed by atoms with E-state index in [0.717, 1.165) is 51.4 Å². The largest absolute Gasteiger partial charge is 0.481 e. The average molecular weight is 314 g/mol. The van der Waals surface area contributed by atoms with E-state index >= 15 is 0 Å². The Morgan fingerprint density at radius 1 is 0.909 bits per heavy atom. The lowest BCUT2D eigenvalue weighted by Gasteiger charge is -2.24. The first-order valence-corrected chi connectivity index (χ1v) is 8.34. The summed E-state index contributed by atoms with van der Waals surface area (Å²) in [6.45, 7) is 2.33. The van der Waals surface area contributed by atoms with Gasteiger partial charge in [-0.25, -0.2) is 0 Å². The fraction of sp³-hybridized carbons (Fsp3) is 0.875. The molecule has 2 rings (SSSR count). The Bertz CT molecular complexity index is 346. The Labute approximate surface area is 132 Å². The van der Waals surface area contributed by atoms with E-state index in [4.69, 9.17) is 21.3 Å². The molecule has 0 amide bonds. The van der Waals surface area contributed by atoms with Gasteiger partial charge in [0.05, 0.1) is 18.4 Å². The van der Waals surface area contributed by atoms with Gasteiger partial charge >= 0.3 is 11.9 Å². The highest BCUT2D eigenvalue weighted by Crippen LogP contribution is 2.24. The molecule has 0 aliphatic heterocycles. The maximum absolute atomic E-state index is 11.2. The minimum atomic E-state index is -0.660. The van der Waals surface area contributed by atoms with Crippen LogP contribution >= 0.6 is 0 Å². The van der Waals surface area contributed by atoms with Crippen molar-refractivity contribution < 1.29 is 19.4 Å². The van der Waals surface area contributed by atoms with E-state index in [9.17, 15) is 9.59 Å². The van der Waals surface area contributed by atoms with Crippen LogP contribution in [-0.4, -0.2) is 35.7 Å². The van der Waals surface area contributed by atoms with Crippen molar-refractivity contribution in [1.29, 1.82) is 0 Å². The van der Waals surface area contributed by atoms with Crippen LogP contribution in [-0.2, 0) is 14.3 Å². The van der Waals surface area contributed by atoms with Gasteiger partial charge in [0.2, 0.25) is 0 Å². The van der Waals surface area contributed by atoms with Crippen LogP contribution in [0.1, 0.15) is 58.3 Å². The Kier molecular flexibility index (Phi) is 8.42. The van der Waals surface area contributed by atoms with Crippen molar-refractivity contribution >= 4 is 11.9 Å². The van der Waals surface area contributed by atoms with Crippen molar-refractivity contribution in [1.82, 2.24) is 0 Å². The van der Waals surface area contributed by atoms with Gasteiger partial charge in [-0.05, 0) is 58.3 Å². The summed E-state index contributed by atoms with van der Waals surface area (Å²) < 4.78 is 4.94. The number of carbonyl (C=O) groups excluding carboxylic acids is 1. The van der Waals surface area contributed by atoms with Crippen molar-refractivity contribution in [3.63, 3.8) is 0 Å². The average Bonchev–Trinajstić information content (AvgIpc) is 2.49. The molecule has 6 heteroatoms. The predicted octanol–water partition coefficient (Wildman–Crippen LogP) is 1.66. The molecule has 0 heterocycles. The number of aliphatic carboxylic acids is 1. The zero-order valence-electron chi connectivity index (χ0n) is 13.5.